The molecule has 44 heavy (non-hydrogen) atoms. The molecule has 0 bridgehead atoms. The van der Waals surface area contributed by atoms with Crippen molar-refractivity contribution in [1.29, 1.82) is 0 Å². The summed E-state index contributed by atoms with van der Waals surface area (Å²) in [4.78, 5) is 19.4. The zero-order valence-electron chi connectivity index (χ0n) is 23.4. The molecule has 1 N–H and O–H groups in total. The average Bonchev–Trinajstić information content (AvgIpc) is 3.79. The van der Waals surface area contributed by atoms with Crippen LogP contribution in [0.25, 0.3) is 49.5 Å². The van der Waals surface area contributed by atoms with Crippen molar-refractivity contribution >= 4 is 33.0 Å². The second-order valence-electron chi connectivity index (χ2n) is 10.3. The lowest BCUT2D eigenvalue weighted by atomic mass is 9.96. The van der Waals surface area contributed by atoms with Crippen LogP contribution in [0, 0.1) is 11.6 Å². The minimum Gasteiger partial charge on any atom is -0.490 e. The fourth-order valence-corrected chi connectivity index (χ4v) is 6.68. The number of ether oxygens (including phenoxy) is 1. The Hall–Kier alpha value is -5.01. The van der Waals surface area contributed by atoms with E-state index in [1.165, 1.54) is 17.4 Å². The highest BCUT2D eigenvalue weighted by atomic mass is 32.1. The van der Waals surface area contributed by atoms with E-state index < -0.39 is 11.6 Å². The lowest BCUT2D eigenvalue weighted by Crippen LogP contribution is -2.40. The van der Waals surface area contributed by atoms with Gasteiger partial charge in [-0.15, -0.1) is 21.5 Å². The van der Waals surface area contributed by atoms with E-state index in [-0.39, 0.29) is 36.5 Å². The molecule has 13 heteroatoms. The van der Waals surface area contributed by atoms with E-state index in [2.05, 4.69) is 16.8 Å². The summed E-state index contributed by atoms with van der Waals surface area (Å²) in [6.07, 6.45) is 4.75. The van der Waals surface area contributed by atoms with E-state index in [0.717, 1.165) is 28.8 Å². The Kier molecular flexibility index (Phi) is 6.90. The van der Waals surface area contributed by atoms with Gasteiger partial charge < -0.3 is 14.7 Å². The van der Waals surface area contributed by atoms with Gasteiger partial charge in [-0.1, -0.05) is 6.58 Å². The van der Waals surface area contributed by atoms with Gasteiger partial charge in [0.05, 0.1) is 36.1 Å². The first kappa shape index (κ1) is 27.8. The fourth-order valence-electron chi connectivity index (χ4n) is 5.73. The van der Waals surface area contributed by atoms with Crippen molar-refractivity contribution in [2.45, 2.75) is 19.5 Å². The number of amides is 1. The van der Waals surface area contributed by atoms with Gasteiger partial charge in [-0.25, -0.2) is 13.8 Å². The SMILES string of the molecule is C=CC(=O)N1CCn2nc(-c3nc(-c4ccc5nncn5c4)c4ccsc4c3-c3c(F)cc(F)cc3OCCO)cc2[C@H]1C. The molecule has 1 aliphatic rings. The molecular formula is C31H25F2N7O3S. The van der Waals surface area contributed by atoms with Crippen LogP contribution in [0.4, 0.5) is 8.78 Å². The molecule has 6 aromatic rings. The normalized spacial score (nSPS) is 14.7. The number of fused-ring (bicyclic) bond motifs is 3. The predicted octanol–water partition coefficient (Wildman–Crippen LogP) is 5.28. The molecule has 10 nitrogen and oxygen atoms in total. The number of aliphatic hydroxyl groups is 1. The molecule has 0 unspecified atom stereocenters. The molecule has 5 aromatic heterocycles. The zero-order chi connectivity index (χ0) is 30.5. The number of hydrogen-bond acceptors (Lipinski definition) is 8. The highest BCUT2D eigenvalue weighted by Crippen LogP contribution is 2.47. The Labute approximate surface area is 253 Å². The summed E-state index contributed by atoms with van der Waals surface area (Å²) in [6, 6.07) is 9.08. The zero-order valence-corrected chi connectivity index (χ0v) is 24.3. The maximum atomic E-state index is 15.9. The number of carbonyl (C=O) groups excluding carboxylic acids is 1. The molecule has 0 fully saturated rings. The first-order chi connectivity index (χ1) is 21.4. The third kappa shape index (κ3) is 4.52. The van der Waals surface area contributed by atoms with Gasteiger partial charge in [0, 0.05) is 46.1 Å². The van der Waals surface area contributed by atoms with Crippen LogP contribution in [-0.2, 0) is 11.3 Å². The van der Waals surface area contributed by atoms with Crippen molar-refractivity contribution < 1.29 is 23.4 Å². The van der Waals surface area contributed by atoms with E-state index >= 15 is 4.39 Å². The van der Waals surface area contributed by atoms with Crippen molar-refractivity contribution in [3.05, 3.63) is 84.3 Å². The number of nitrogens with zero attached hydrogens (tertiary/aromatic N) is 7. The van der Waals surface area contributed by atoms with Gasteiger partial charge in [0.2, 0.25) is 5.91 Å². The summed E-state index contributed by atoms with van der Waals surface area (Å²) in [5.74, 6) is -1.90. The summed E-state index contributed by atoms with van der Waals surface area (Å²) in [5.41, 5.74) is 4.05. The van der Waals surface area contributed by atoms with Crippen LogP contribution < -0.4 is 4.74 Å². The Balaban J connectivity index is 1.52. The molecule has 0 aliphatic carbocycles. The molecular weight excluding hydrogens is 588 g/mol. The van der Waals surface area contributed by atoms with Crippen molar-refractivity contribution in [1.82, 2.24) is 34.3 Å². The Morgan fingerprint density at radius 3 is 2.86 bits per heavy atom. The first-order valence-corrected chi connectivity index (χ1v) is 14.7. The van der Waals surface area contributed by atoms with Crippen LogP contribution in [0.15, 0.2) is 67.0 Å². The Bertz CT molecular complexity index is 2090. The molecule has 6 heterocycles. The molecule has 0 spiro atoms. The summed E-state index contributed by atoms with van der Waals surface area (Å²) in [5, 5.41) is 25.0. The van der Waals surface area contributed by atoms with Crippen LogP contribution in [0.1, 0.15) is 18.7 Å². The number of hydrogen-bond donors (Lipinski definition) is 1. The minimum atomic E-state index is -0.838. The van der Waals surface area contributed by atoms with Gasteiger partial charge in [-0.05, 0) is 42.6 Å². The predicted molar refractivity (Wildman–Crippen MR) is 161 cm³/mol. The number of aliphatic hydroxyl groups excluding tert-OH is 1. The van der Waals surface area contributed by atoms with E-state index in [4.69, 9.17) is 14.8 Å². The maximum Gasteiger partial charge on any atom is 0.246 e. The monoisotopic (exact) mass is 613 g/mol. The molecule has 1 aromatic carbocycles. The number of halogens is 2. The fraction of sp³-hybridized carbons (Fsp3) is 0.194. The third-order valence-electron chi connectivity index (χ3n) is 7.75. The molecule has 7 rings (SSSR count). The molecule has 0 radical (unpaired) electrons. The quantitative estimate of drug-likeness (QED) is 0.244. The number of aromatic nitrogens is 6. The van der Waals surface area contributed by atoms with Gasteiger partial charge in [-0.2, -0.15) is 5.10 Å². The second-order valence-corrected chi connectivity index (χ2v) is 11.2. The minimum absolute atomic E-state index is 0.0121. The largest absolute Gasteiger partial charge is 0.490 e. The molecule has 1 atom stereocenters. The maximum absolute atomic E-state index is 15.9. The topological polar surface area (TPSA) is 111 Å². The van der Waals surface area contributed by atoms with Crippen LogP contribution in [0.5, 0.6) is 5.75 Å². The van der Waals surface area contributed by atoms with Crippen LogP contribution in [-0.4, -0.2) is 65.0 Å². The van der Waals surface area contributed by atoms with E-state index in [1.54, 1.807) is 15.6 Å². The number of rotatable bonds is 7. The van der Waals surface area contributed by atoms with Crippen molar-refractivity contribution in [2.24, 2.45) is 0 Å². The summed E-state index contributed by atoms with van der Waals surface area (Å²) < 4.78 is 40.3. The Morgan fingerprint density at radius 1 is 1.18 bits per heavy atom. The average molecular weight is 614 g/mol. The summed E-state index contributed by atoms with van der Waals surface area (Å²) in [7, 11) is 0. The molecule has 222 valence electrons. The van der Waals surface area contributed by atoms with Gasteiger partial charge in [0.15, 0.2) is 5.65 Å². The highest BCUT2D eigenvalue weighted by Gasteiger charge is 2.31. The van der Waals surface area contributed by atoms with Crippen molar-refractivity contribution in [3.63, 3.8) is 0 Å². The van der Waals surface area contributed by atoms with Gasteiger partial charge in [0.25, 0.3) is 0 Å². The lowest BCUT2D eigenvalue weighted by molar-refractivity contribution is -0.129. The van der Waals surface area contributed by atoms with Crippen LogP contribution >= 0.6 is 11.3 Å². The smallest absolute Gasteiger partial charge is 0.246 e. The van der Waals surface area contributed by atoms with Crippen molar-refractivity contribution in [2.75, 3.05) is 19.8 Å². The number of pyridine rings is 2. The number of benzene rings is 1. The lowest BCUT2D eigenvalue weighted by Gasteiger charge is -2.33. The Morgan fingerprint density at radius 2 is 2.05 bits per heavy atom. The van der Waals surface area contributed by atoms with Gasteiger partial charge in [0.1, 0.15) is 41.7 Å². The van der Waals surface area contributed by atoms with Crippen molar-refractivity contribution in [3.8, 4) is 39.5 Å². The summed E-state index contributed by atoms with van der Waals surface area (Å²) in [6.45, 7) is 5.93. The molecule has 1 amide bonds. The van der Waals surface area contributed by atoms with Crippen LogP contribution in [0.2, 0.25) is 0 Å². The highest BCUT2D eigenvalue weighted by molar-refractivity contribution is 7.18. The molecule has 0 saturated heterocycles. The van der Waals surface area contributed by atoms with E-state index in [1.807, 2.05) is 47.4 Å². The van der Waals surface area contributed by atoms with Crippen LogP contribution in [0.3, 0.4) is 0 Å². The molecule has 1 aliphatic heterocycles. The van der Waals surface area contributed by atoms with Gasteiger partial charge in [-0.3, -0.25) is 13.9 Å². The van der Waals surface area contributed by atoms with Gasteiger partial charge >= 0.3 is 0 Å². The van der Waals surface area contributed by atoms with E-state index in [0.29, 0.717) is 46.1 Å². The third-order valence-corrected chi connectivity index (χ3v) is 8.68. The first-order valence-electron chi connectivity index (χ1n) is 13.8. The summed E-state index contributed by atoms with van der Waals surface area (Å²) >= 11 is 1.38. The number of thiophene rings is 1. The number of carbonyl (C=O) groups is 1. The van der Waals surface area contributed by atoms with E-state index in [9.17, 15) is 14.3 Å². The second kappa shape index (κ2) is 10.9. The standard InChI is InChI=1S/C31H25F2N7O3S/c1-3-26(42)39-7-8-40-23(17(39)2)14-22(37-40)30-28(27-21(33)12-19(32)13-24(27)43-10-9-41)31-20(6-11-44-31)29(35-30)18-4-5-25-36-34-16-38(25)15-18/h3-6,11-17,41H,1,7-10H2,2H3/t17-/m1/s1. The molecule has 0 saturated carbocycles.